The van der Waals surface area contributed by atoms with E-state index in [9.17, 15) is 0 Å². The Hall–Kier alpha value is -0.860. The summed E-state index contributed by atoms with van der Waals surface area (Å²) in [7, 11) is 2.21. The van der Waals surface area contributed by atoms with Crippen LogP contribution < -0.4 is 10.6 Å². The van der Waals surface area contributed by atoms with Crippen LogP contribution in [0.4, 0.5) is 0 Å². The summed E-state index contributed by atoms with van der Waals surface area (Å²) in [6.07, 6.45) is 1.26. The zero-order chi connectivity index (χ0) is 18.8. The monoisotopic (exact) mass is 487 g/mol. The summed E-state index contributed by atoms with van der Waals surface area (Å²) in [5.41, 5.74) is 1.35. The molecule has 1 aromatic carbocycles. The highest BCUT2D eigenvalue weighted by Crippen LogP contribution is 2.22. The Balaban J connectivity index is 0.00000364. The Labute approximate surface area is 183 Å². The first-order valence-corrected chi connectivity index (χ1v) is 10.00. The molecule has 2 rings (SSSR count). The first kappa shape index (κ1) is 24.2. The van der Waals surface area contributed by atoms with Crippen LogP contribution in [0.3, 0.4) is 0 Å². The number of aliphatic imine (C=N–C) groups is 1. The van der Waals surface area contributed by atoms with E-state index in [1.54, 1.807) is 0 Å². The fourth-order valence-electron chi connectivity index (χ4n) is 3.26. The molecule has 0 spiro atoms. The van der Waals surface area contributed by atoms with E-state index in [-0.39, 0.29) is 29.4 Å². The Kier molecular flexibility index (Phi) is 11.3. The van der Waals surface area contributed by atoms with Crippen molar-refractivity contribution in [3.8, 4) is 0 Å². The fourth-order valence-corrected chi connectivity index (χ4v) is 3.26. The number of nitrogens with one attached hydrogen (secondary N) is 2. The first-order chi connectivity index (χ1) is 12.5. The maximum absolute atomic E-state index is 4.84. The molecule has 0 atom stereocenters. The Morgan fingerprint density at radius 2 is 1.81 bits per heavy atom. The van der Waals surface area contributed by atoms with Gasteiger partial charge in [0.1, 0.15) is 0 Å². The zero-order valence-corrected chi connectivity index (χ0v) is 19.8. The summed E-state index contributed by atoms with van der Waals surface area (Å²) in [5, 5.41) is 6.88. The SMILES string of the molecule is CCNC(=NCC(C)(C)c1ccccc1)NCCN1CCCN(C)CC1.I. The molecule has 0 aliphatic carbocycles. The normalized spacial score (nSPS) is 17.1. The van der Waals surface area contributed by atoms with Crippen molar-refractivity contribution in [2.45, 2.75) is 32.6 Å². The standard InChI is InChI=1S/C21H37N5.HI/c1-5-22-20(23-12-15-26-14-9-13-25(4)16-17-26)24-18-21(2,3)19-10-7-6-8-11-19;/h6-8,10-11H,5,9,12-18H2,1-4H3,(H2,22,23,24);1H. The van der Waals surface area contributed by atoms with Crippen LogP contribution in [0, 0.1) is 0 Å². The van der Waals surface area contributed by atoms with E-state index < -0.39 is 0 Å². The lowest BCUT2D eigenvalue weighted by atomic mass is 9.85. The molecule has 154 valence electrons. The van der Waals surface area contributed by atoms with Crippen LogP contribution in [0.15, 0.2) is 35.3 Å². The minimum Gasteiger partial charge on any atom is -0.357 e. The number of guanidine groups is 1. The highest BCUT2D eigenvalue weighted by Gasteiger charge is 2.20. The molecule has 1 aromatic rings. The van der Waals surface area contributed by atoms with Gasteiger partial charge in [-0.25, -0.2) is 0 Å². The molecule has 0 aromatic heterocycles. The van der Waals surface area contributed by atoms with Crippen molar-refractivity contribution < 1.29 is 0 Å². The topological polar surface area (TPSA) is 42.9 Å². The van der Waals surface area contributed by atoms with Gasteiger partial charge in [-0.1, -0.05) is 44.2 Å². The zero-order valence-electron chi connectivity index (χ0n) is 17.5. The predicted molar refractivity (Wildman–Crippen MR) is 127 cm³/mol. The van der Waals surface area contributed by atoms with E-state index in [2.05, 4.69) is 78.6 Å². The third kappa shape index (κ3) is 8.79. The second-order valence-corrected chi connectivity index (χ2v) is 7.87. The van der Waals surface area contributed by atoms with E-state index in [1.807, 2.05) is 0 Å². The number of hydrogen-bond acceptors (Lipinski definition) is 3. The van der Waals surface area contributed by atoms with Gasteiger partial charge in [0.2, 0.25) is 0 Å². The summed E-state index contributed by atoms with van der Waals surface area (Å²) in [5.74, 6) is 0.920. The summed E-state index contributed by atoms with van der Waals surface area (Å²) in [4.78, 5) is 9.81. The lowest BCUT2D eigenvalue weighted by Crippen LogP contribution is -2.43. The van der Waals surface area contributed by atoms with E-state index in [4.69, 9.17) is 4.99 Å². The van der Waals surface area contributed by atoms with Crippen LogP contribution in [-0.4, -0.2) is 75.2 Å². The number of halogens is 1. The fraction of sp³-hybridized carbons (Fsp3) is 0.667. The predicted octanol–water partition coefficient (Wildman–Crippen LogP) is 2.77. The average molecular weight is 487 g/mol. The van der Waals surface area contributed by atoms with Crippen molar-refractivity contribution in [1.29, 1.82) is 0 Å². The van der Waals surface area contributed by atoms with Crippen LogP contribution >= 0.6 is 24.0 Å². The maximum atomic E-state index is 4.84. The molecule has 6 heteroatoms. The van der Waals surface area contributed by atoms with Gasteiger partial charge in [-0.2, -0.15) is 0 Å². The average Bonchev–Trinajstić information content (AvgIpc) is 2.85. The molecule has 0 saturated carbocycles. The van der Waals surface area contributed by atoms with Crippen LogP contribution in [0.2, 0.25) is 0 Å². The number of hydrogen-bond donors (Lipinski definition) is 2. The summed E-state index contributed by atoms with van der Waals surface area (Å²) < 4.78 is 0. The van der Waals surface area contributed by atoms with Crippen LogP contribution in [0.5, 0.6) is 0 Å². The van der Waals surface area contributed by atoms with Gasteiger partial charge < -0.3 is 20.4 Å². The van der Waals surface area contributed by atoms with Gasteiger partial charge in [-0.05, 0) is 39.0 Å². The van der Waals surface area contributed by atoms with Gasteiger partial charge in [-0.3, -0.25) is 4.99 Å². The number of likely N-dealkylation sites (N-methyl/N-ethyl adjacent to an activating group) is 1. The van der Waals surface area contributed by atoms with Crippen molar-refractivity contribution in [3.05, 3.63) is 35.9 Å². The Morgan fingerprint density at radius 3 is 2.52 bits per heavy atom. The lowest BCUT2D eigenvalue weighted by Gasteiger charge is -2.24. The molecule has 1 aliphatic heterocycles. The first-order valence-electron chi connectivity index (χ1n) is 10.00. The third-order valence-corrected chi connectivity index (χ3v) is 5.06. The van der Waals surface area contributed by atoms with E-state index in [1.165, 1.54) is 31.6 Å². The van der Waals surface area contributed by atoms with Gasteiger partial charge in [0.25, 0.3) is 0 Å². The van der Waals surface area contributed by atoms with Crippen molar-refractivity contribution in [2.24, 2.45) is 4.99 Å². The molecule has 0 radical (unpaired) electrons. The maximum Gasteiger partial charge on any atom is 0.191 e. The lowest BCUT2D eigenvalue weighted by molar-refractivity contribution is 0.280. The van der Waals surface area contributed by atoms with Crippen LogP contribution in [-0.2, 0) is 5.41 Å². The molecule has 1 fully saturated rings. The quantitative estimate of drug-likeness (QED) is 0.353. The number of benzene rings is 1. The van der Waals surface area contributed by atoms with Gasteiger partial charge in [-0.15, -0.1) is 24.0 Å². The summed E-state index contributed by atoms with van der Waals surface area (Å²) >= 11 is 0. The Bertz CT molecular complexity index is 547. The van der Waals surface area contributed by atoms with Crippen molar-refractivity contribution >= 4 is 29.9 Å². The molecule has 0 amide bonds. The molecule has 27 heavy (non-hydrogen) atoms. The van der Waals surface area contributed by atoms with Gasteiger partial charge in [0, 0.05) is 38.1 Å². The molecule has 1 saturated heterocycles. The second-order valence-electron chi connectivity index (χ2n) is 7.87. The molecule has 5 nitrogen and oxygen atoms in total. The summed E-state index contributed by atoms with van der Waals surface area (Å²) in [6.45, 7) is 15.0. The molecule has 2 N–H and O–H groups in total. The van der Waals surface area contributed by atoms with Crippen molar-refractivity contribution in [3.63, 3.8) is 0 Å². The van der Waals surface area contributed by atoms with Gasteiger partial charge in [0.05, 0.1) is 6.54 Å². The van der Waals surface area contributed by atoms with Crippen LogP contribution in [0.25, 0.3) is 0 Å². The second kappa shape index (κ2) is 12.6. The largest absolute Gasteiger partial charge is 0.357 e. The van der Waals surface area contributed by atoms with E-state index in [0.29, 0.717) is 0 Å². The highest BCUT2D eigenvalue weighted by atomic mass is 127. The highest BCUT2D eigenvalue weighted by molar-refractivity contribution is 14.0. The molecule has 0 unspecified atom stereocenters. The minimum absolute atomic E-state index is 0. The summed E-state index contributed by atoms with van der Waals surface area (Å²) in [6, 6.07) is 10.6. The van der Waals surface area contributed by atoms with E-state index in [0.717, 1.165) is 38.7 Å². The molecular weight excluding hydrogens is 449 g/mol. The van der Waals surface area contributed by atoms with E-state index >= 15 is 0 Å². The molecule has 1 heterocycles. The Morgan fingerprint density at radius 1 is 1.07 bits per heavy atom. The third-order valence-electron chi connectivity index (χ3n) is 5.06. The molecule has 1 aliphatic rings. The van der Waals surface area contributed by atoms with Crippen molar-refractivity contribution in [1.82, 2.24) is 20.4 Å². The van der Waals surface area contributed by atoms with Gasteiger partial charge >= 0.3 is 0 Å². The minimum atomic E-state index is 0. The number of rotatable bonds is 7. The van der Waals surface area contributed by atoms with Gasteiger partial charge in [0.15, 0.2) is 5.96 Å². The molecular formula is C21H38IN5. The van der Waals surface area contributed by atoms with Crippen molar-refractivity contribution in [2.75, 3.05) is 59.4 Å². The van der Waals surface area contributed by atoms with Crippen LogP contribution in [0.1, 0.15) is 32.8 Å². The smallest absolute Gasteiger partial charge is 0.191 e. The number of nitrogens with zero attached hydrogens (tertiary/aromatic N) is 3. The molecule has 0 bridgehead atoms.